The van der Waals surface area contributed by atoms with Crippen LogP contribution in [0.1, 0.15) is 24.0 Å². The number of thioether (sulfide) groups is 1. The largest absolute Gasteiger partial charge is 0.394 e. The fourth-order valence-corrected chi connectivity index (χ4v) is 8.84. The highest BCUT2D eigenvalue weighted by Gasteiger charge is 2.74. The van der Waals surface area contributed by atoms with Crippen LogP contribution in [-0.2, 0) is 20.8 Å². The van der Waals surface area contributed by atoms with E-state index in [9.17, 15) is 19.5 Å². The molecule has 3 aliphatic heterocycles. The predicted octanol–water partition coefficient (Wildman–Crippen LogP) is 3.03. The first kappa shape index (κ1) is 25.1. The van der Waals surface area contributed by atoms with E-state index >= 15 is 0 Å². The Morgan fingerprint density at radius 2 is 1.94 bits per heavy atom. The van der Waals surface area contributed by atoms with Crippen LogP contribution in [0.25, 0.3) is 0 Å². The zero-order valence-corrected chi connectivity index (χ0v) is 21.8. The SMILES string of the molecule is CNC(=O)[C@@H]1[C@H]2C(=O)N([C@@H](CO)Cc3ccccc3)C(C(=O)Nc3c(C)cccc3Cl)C23CC[C@H]1S3. The smallest absolute Gasteiger partial charge is 0.248 e. The van der Waals surface area contributed by atoms with Gasteiger partial charge in [0.25, 0.3) is 0 Å². The molecule has 0 saturated carbocycles. The van der Waals surface area contributed by atoms with E-state index in [1.54, 1.807) is 29.8 Å². The van der Waals surface area contributed by atoms with Gasteiger partial charge >= 0.3 is 0 Å². The van der Waals surface area contributed by atoms with Gasteiger partial charge in [-0.3, -0.25) is 14.4 Å². The van der Waals surface area contributed by atoms with Crippen molar-refractivity contribution >= 4 is 46.8 Å². The number of aliphatic hydroxyl groups excluding tert-OH is 1. The summed E-state index contributed by atoms with van der Waals surface area (Å²) in [5.74, 6) is -1.85. The Labute approximate surface area is 220 Å². The molecule has 7 nitrogen and oxygen atoms in total. The Bertz CT molecular complexity index is 1170. The highest BCUT2D eigenvalue weighted by atomic mass is 35.5. The van der Waals surface area contributed by atoms with Crippen LogP contribution in [0.4, 0.5) is 5.69 Å². The zero-order chi connectivity index (χ0) is 25.6. The van der Waals surface area contributed by atoms with Crippen molar-refractivity contribution in [3.63, 3.8) is 0 Å². The number of likely N-dealkylation sites (tertiary alicyclic amines) is 1. The van der Waals surface area contributed by atoms with Crippen molar-refractivity contribution in [2.45, 2.75) is 48.3 Å². The first-order valence-electron chi connectivity index (χ1n) is 12.2. The fourth-order valence-electron chi connectivity index (χ4n) is 6.37. The maximum atomic E-state index is 14.1. The average Bonchev–Trinajstić information content (AvgIpc) is 3.52. The molecule has 2 unspecified atom stereocenters. The maximum absolute atomic E-state index is 14.1. The first-order valence-corrected chi connectivity index (χ1v) is 13.5. The summed E-state index contributed by atoms with van der Waals surface area (Å²) >= 11 is 8.02. The normalized spacial score (nSPS) is 29.2. The quantitative estimate of drug-likeness (QED) is 0.514. The van der Waals surface area contributed by atoms with Gasteiger partial charge in [0.2, 0.25) is 17.7 Å². The summed E-state index contributed by atoms with van der Waals surface area (Å²) in [5, 5.41) is 16.6. The van der Waals surface area contributed by atoms with E-state index in [1.807, 2.05) is 49.4 Å². The number of fused-ring (bicyclic) bond motifs is 1. The van der Waals surface area contributed by atoms with Gasteiger partial charge in [0.05, 0.1) is 39.9 Å². The minimum Gasteiger partial charge on any atom is -0.394 e. The molecule has 1 spiro atoms. The number of aliphatic hydroxyl groups is 1. The summed E-state index contributed by atoms with van der Waals surface area (Å²) in [6.45, 7) is 1.57. The molecule has 2 bridgehead atoms. The minimum absolute atomic E-state index is 0.0138. The number of carbonyl (C=O) groups is 3. The number of carbonyl (C=O) groups excluding carboxylic acids is 3. The lowest BCUT2D eigenvalue weighted by molar-refractivity contribution is -0.141. The van der Waals surface area contributed by atoms with Crippen molar-refractivity contribution in [2.75, 3.05) is 19.0 Å². The summed E-state index contributed by atoms with van der Waals surface area (Å²) in [4.78, 5) is 42.7. The van der Waals surface area contributed by atoms with Crippen LogP contribution < -0.4 is 10.6 Å². The third-order valence-electron chi connectivity index (χ3n) is 7.92. The van der Waals surface area contributed by atoms with Crippen molar-refractivity contribution in [1.82, 2.24) is 10.2 Å². The molecule has 0 aromatic heterocycles. The number of nitrogens with zero attached hydrogens (tertiary/aromatic N) is 1. The Kier molecular flexibility index (Phi) is 6.78. The second kappa shape index (κ2) is 9.72. The van der Waals surface area contributed by atoms with Crippen molar-refractivity contribution in [1.29, 1.82) is 0 Å². The molecule has 0 aliphatic carbocycles. The van der Waals surface area contributed by atoms with Crippen LogP contribution in [0.3, 0.4) is 0 Å². The molecule has 2 aromatic rings. The van der Waals surface area contributed by atoms with Gasteiger partial charge in [0.1, 0.15) is 6.04 Å². The number of halogens is 1. The molecule has 36 heavy (non-hydrogen) atoms. The van der Waals surface area contributed by atoms with Crippen LogP contribution in [0.2, 0.25) is 5.02 Å². The molecule has 3 fully saturated rings. The van der Waals surface area contributed by atoms with Crippen LogP contribution in [0, 0.1) is 18.8 Å². The van der Waals surface area contributed by atoms with Gasteiger partial charge in [-0.25, -0.2) is 0 Å². The molecule has 0 radical (unpaired) electrons. The first-order chi connectivity index (χ1) is 17.3. The zero-order valence-electron chi connectivity index (χ0n) is 20.2. The molecule has 5 rings (SSSR count). The molecular formula is C27H30ClN3O4S. The van der Waals surface area contributed by atoms with Gasteiger partial charge in [0.15, 0.2) is 0 Å². The van der Waals surface area contributed by atoms with Gasteiger partial charge in [-0.15, -0.1) is 11.8 Å². The molecule has 3 saturated heterocycles. The van der Waals surface area contributed by atoms with Crippen molar-refractivity contribution in [3.8, 4) is 0 Å². The highest BCUT2D eigenvalue weighted by molar-refractivity contribution is 8.02. The van der Waals surface area contributed by atoms with Gasteiger partial charge in [-0.1, -0.05) is 54.1 Å². The minimum atomic E-state index is -0.837. The number of nitrogens with one attached hydrogen (secondary N) is 2. The number of benzene rings is 2. The molecule has 3 aliphatic rings. The van der Waals surface area contributed by atoms with E-state index in [-0.39, 0.29) is 29.6 Å². The number of rotatable bonds is 7. The summed E-state index contributed by atoms with van der Waals surface area (Å²) in [6.07, 6.45) is 1.82. The number of aryl methyl sites for hydroxylation is 1. The Hall–Kier alpha value is -2.55. The Morgan fingerprint density at radius 3 is 2.61 bits per heavy atom. The van der Waals surface area contributed by atoms with Gasteiger partial charge < -0.3 is 20.6 Å². The lowest BCUT2D eigenvalue weighted by atomic mass is 9.70. The topological polar surface area (TPSA) is 98.7 Å². The lowest BCUT2D eigenvalue weighted by Gasteiger charge is -2.37. The van der Waals surface area contributed by atoms with Crippen LogP contribution in [-0.4, -0.2) is 63.5 Å². The average molecular weight is 528 g/mol. The van der Waals surface area contributed by atoms with E-state index in [0.717, 1.165) is 17.5 Å². The van der Waals surface area contributed by atoms with Crippen molar-refractivity contribution < 1.29 is 19.5 Å². The number of hydrogen-bond donors (Lipinski definition) is 3. The summed E-state index contributed by atoms with van der Waals surface area (Å²) in [6, 6.07) is 13.6. The summed E-state index contributed by atoms with van der Waals surface area (Å²) in [5.41, 5.74) is 2.29. The highest BCUT2D eigenvalue weighted by Crippen LogP contribution is 2.66. The fraction of sp³-hybridized carbons (Fsp3) is 0.444. The van der Waals surface area contributed by atoms with E-state index in [0.29, 0.717) is 23.6 Å². The summed E-state index contributed by atoms with van der Waals surface area (Å²) in [7, 11) is 1.58. The molecular weight excluding hydrogens is 498 g/mol. The third-order valence-corrected chi connectivity index (χ3v) is 10.2. The van der Waals surface area contributed by atoms with Crippen LogP contribution >= 0.6 is 23.4 Å². The molecule has 190 valence electrons. The monoisotopic (exact) mass is 527 g/mol. The molecule has 9 heteroatoms. The molecule has 2 aromatic carbocycles. The van der Waals surface area contributed by atoms with Crippen molar-refractivity contribution in [2.24, 2.45) is 11.8 Å². The van der Waals surface area contributed by atoms with E-state index in [4.69, 9.17) is 11.6 Å². The standard InChI is InChI=1S/C27H30ClN3O4S/c1-15-7-6-10-18(28)22(15)30-25(34)23-27-12-11-19(36-27)20(24(33)29-2)21(27)26(35)31(23)17(14-32)13-16-8-4-3-5-9-16/h3-10,17,19-21,23,32H,11-14H2,1-2H3,(H,29,33)(H,30,34)/t17-,19-,20+,21+,23?,27?/m1/s1. The number of amides is 3. The Balaban J connectivity index is 1.57. The molecule has 3 amide bonds. The molecule has 3 N–H and O–H groups in total. The van der Waals surface area contributed by atoms with Gasteiger partial charge in [-0.05, 0) is 43.4 Å². The van der Waals surface area contributed by atoms with E-state index in [2.05, 4.69) is 10.6 Å². The van der Waals surface area contributed by atoms with Crippen LogP contribution in [0.5, 0.6) is 0 Å². The third kappa shape index (κ3) is 3.90. The molecule has 6 atom stereocenters. The maximum Gasteiger partial charge on any atom is 0.248 e. The molecule has 3 heterocycles. The van der Waals surface area contributed by atoms with E-state index < -0.39 is 28.7 Å². The van der Waals surface area contributed by atoms with Crippen molar-refractivity contribution in [3.05, 3.63) is 64.7 Å². The summed E-state index contributed by atoms with van der Waals surface area (Å²) < 4.78 is -0.734. The number of anilines is 1. The second-order valence-electron chi connectivity index (χ2n) is 9.86. The van der Waals surface area contributed by atoms with E-state index in [1.165, 1.54) is 0 Å². The van der Waals surface area contributed by atoms with Gasteiger partial charge in [-0.2, -0.15) is 0 Å². The Morgan fingerprint density at radius 1 is 1.19 bits per heavy atom. The predicted molar refractivity (Wildman–Crippen MR) is 141 cm³/mol. The number of para-hydroxylation sites is 1. The van der Waals surface area contributed by atoms with Crippen LogP contribution in [0.15, 0.2) is 48.5 Å². The number of hydrogen-bond acceptors (Lipinski definition) is 5. The van der Waals surface area contributed by atoms with Gasteiger partial charge in [0, 0.05) is 12.3 Å². The lowest BCUT2D eigenvalue weighted by Crippen LogP contribution is -2.55. The second-order valence-corrected chi connectivity index (χ2v) is 11.9.